The monoisotopic (exact) mass is 322 g/mol. The molecule has 0 saturated heterocycles. The Balaban J connectivity index is 1.72. The predicted molar refractivity (Wildman–Crippen MR) is 97.9 cm³/mol. The van der Waals surface area contributed by atoms with Gasteiger partial charge >= 0.3 is 0 Å². The van der Waals surface area contributed by atoms with E-state index in [1.807, 2.05) is 36.4 Å². The van der Waals surface area contributed by atoms with E-state index < -0.39 is 0 Å². The zero-order valence-electron chi connectivity index (χ0n) is 14.5. The molecule has 126 valence electrons. The number of hydrogen-bond donors (Lipinski definition) is 1. The van der Waals surface area contributed by atoms with Crippen molar-refractivity contribution in [3.63, 3.8) is 0 Å². The van der Waals surface area contributed by atoms with E-state index in [4.69, 9.17) is 0 Å². The molecule has 0 bridgehead atoms. The minimum atomic E-state index is -0.325. The fourth-order valence-electron chi connectivity index (χ4n) is 3.57. The molecule has 3 nitrogen and oxygen atoms in total. The Labute approximate surface area is 144 Å². The van der Waals surface area contributed by atoms with Gasteiger partial charge in [0.25, 0.3) is 0 Å². The summed E-state index contributed by atoms with van der Waals surface area (Å²) in [5.41, 5.74) is 2.05. The molecule has 24 heavy (non-hydrogen) atoms. The third-order valence-corrected chi connectivity index (χ3v) is 5.23. The summed E-state index contributed by atoms with van der Waals surface area (Å²) in [6.07, 6.45) is 3.01. The minimum Gasteiger partial charge on any atom is -0.353 e. The fourth-order valence-corrected chi connectivity index (χ4v) is 3.57. The summed E-state index contributed by atoms with van der Waals surface area (Å²) in [6, 6.07) is 20.8. The molecule has 1 aliphatic rings. The van der Waals surface area contributed by atoms with E-state index in [0.717, 1.165) is 24.8 Å². The maximum atomic E-state index is 13.0. The van der Waals surface area contributed by atoms with Crippen LogP contribution in [0.5, 0.6) is 0 Å². The molecule has 1 aliphatic carbocycles. The zero-order chi connectivity index (χ0) is 17.0. The van der Waals surface area contributed by atoms with Crippen LogP contribution in [0, 0.1) is 0 Å². The standard InChI is InChI=1S/C21H26N2O/c1-23(2)19(17-10-5-3-6-11-17)16-22-20(24)21(14-9-15-21)18-12-7-4-8-13-18/h3-8,10-13,19H,9,14-16H2,1-2H3,(H,22,24). The van der Waals surface area contributed by atoms with Gasteiger partial charge in [0.15, 0.2) is 0 Å². The van der Waals surface area contributed by atoms with Gasteiger partial charge in [-0.15, -0.1) is 0 Å². The number of benzene rings is 2. The summed E-state index contributed by atoms with van der Waals surface area (Å²) in [7, 11) is 4.11. The molecule has 0 aliphatic heterocycles. The first-order valence-electron chi connectivity index (χ1n) is 8.69. The highest BCUT2D eigenvalue weighted by Gasteiger charge is 2.45. The second kappa shape index (κ2) is 7.18. The lowest BCUT2D eigenvalue weighted by Crippen LogP contribution is -2.50. The van der Waals surface area contributed by atoms with E-state index in [1.54, 1.807) is 0 Å². The quantitative estimate of drug-likeness (QED) is 0.882. The van der Waals surface area contributed by atoms with Crippen LogP contribution in [-0.4, -0.2) is 31.4 Å². The molecule has 1 N–H and O–H groups in total. The lowest BCUT2D eigenvalue weighted by Gasteiger charge is -2.41. The Hall–Kier alpha value is -2.13. The van der Waals surface area contributed by atoms with Gasteiger partial charge in [-0.05, 0) is 38.1 Å². The van der Waals surface area contributed by atoms with Crippen LogP contribution >= 0.6 is 0 Å². The fraction of sp³-hybridized carbons (Fsp3) is 0.381. The molecule has 0 aromatic heterocycles. The summed E-state index contributed by atoms with van der Waals surface area (Å²) in [5, 5.41) is 3.22. The van der Waals surface area contributed by atoms with Crippen molar-refractivity contribution in [1.29, 1.82) is 0 Å². The molecule has 0 spiro atoms. The van der Waals surface area contributed by atoms with Crippen molar-refractivity contribution in [1.82, 2.24) is 10.2 Å². The van der Waals surface area contributed by atoms with Crippen molar-refractivity contribution in [3.05, 3.63) is 71.8 Å². The molecule has 1 fully saturated rings. The summed E-state index contributed by atoms with van der Waals surface area (Å²) in [6.45, 7) is 0.629. The maximum Gasteiger partial charge on any atom is 0.230 e. The number of carbonyl (C=O) groups is 1. The Morgan fingerprint density at radius 1 is 1.04 bits per heavy atom. The van der Waals surface area contributed by atoms with E-state index in [0.29, 0.717) is 6.54 Å². The molecule has 1 amide bonds. The Morgan fingerprint density at radius 2 is 1.62 bits per heavy atom. The lowest BCUT2D eigenvalue weighted by atomic mass is 9.64. The number of amides is 1. The van der Waals surface area contributed by atoms with Gasteiger partial charge in [-0.2, -0.15) is 0 Å². The highest BCUT2D eigenvalue weighted by Crippen LogP contribution is 2.43. The molecular formula is C21H26N2O. The van der Waals surface area contributed by atoms with Crippen LogP contribution in [-0.2, 0) is 10.2 Å². The van der Waals surface area contributed by atoms with Gasteiger partial charge in [0.05, 0.1) is 11.5 Å². The molecule has 3 rings (SSSR count). The molecule has 0 radical (unpaired) electrons. The molecule has 0 heterocycles. The first kappa shape index (κ1) is 16.7. The maximum absolute atomic E-state index is 13.0. The Morgan fingerprint density at radius 3 is 2.12 bits per heavy atom. The number of nitrogens with one attached hydrogen (secondary N) is 1. The van der Waals surface area contributed by atoms with Crippen LogP contribution in [0.1, 0.15) is 36.4 Å². The third kappa shape index (κ3) is 3.22. The van der Waals surface area contributed by atoms with Crippen molar-refractivity contribution >= 4 is 5.91 Å². The average molecular weight is 322 g/mol. The van der Waals surface area contributed by atoms with Gasteiger partial charge in [-0.25, -0.2) is 0 Å². The predicted octanol–water partition coefficient (Wildman–Crippen LogP) is 3.53. The van der Waals surface area contributed by atoms with Crippen LogP contribution in [0.4, 0.5) is 0 Å². The molecule has 1 atom stereocenters. The number of nitrogens with zero attached hydrogens (tertiary/aromatic N) is 1. The summed E-state index contributed by atoms with van der Waals surface area (Å²) in [5.74, 6) is 0.169. The first-order chi connectivity index (χ1) is 11.6. The number of hydrogen-bond acceptors (Lipinski definition) is 2. The highest BCUT2D eigenvalue weighted by atomic mass is 16.2. The molecule has 3 heteroatoms. The van der Waals surface area contributed by atoms with Crippen LogP contribution in [0.2, 0.25) is 0 Å². The normalized spacial score (nSPS) is 17.1. The van der Waals surface area contributed by atoms with E-state index in [1.165, 1.54) is 5.56 Å². The molecule has 1 saturated carbocycles. The van der Waals surface area contributed by atoms with Crippen LogP contribution < -0.4 is 5.32 Å². The first-order valence-corrected chi connectivity index (χ1v) is 8.69. The van der Waals surface area contributed by atoms with Gasteiger partial charge in [-0.3, -0.25) is 4.79 Å². The van der Waals surface area contributed by atoms with Gasteiger partial charge in [0, 0.05) is 6.54 Å². The van der Waals surface area contributed by atoms with E-state index >= 15 is 0 Å². The van der Waals surface area contributed by atoms with Gasteiger partial charge in [0.2, 0.25) is 5.91 Å². The largest absolute Gasteiger partial charge is 0.353 e. The van der Waals surface area contributed by atoms with Crippen molar-refractivity contribution in [2.45, 2.75) is 30.7 Å². The van der Waals surface area contributed by atoms with Crippen molar-refractivity contribution < 1.29 is 4.79 Å². The molecule has 2 aromatic rings. The smallest absolute Gasteiger partial charge is 0.230 e. The van der Waals surface area contributed by atoms with E-state index in [9.17, 15) is 4.79 Å². The number of rotatable bonds is 6. The van der Waals surface area contributed by atoms with Crippen molar-refractivity contribution in [2.75, 3.05) is 20.6 Å². The summed E-state index contributed by atoms with van der Waals surface area (Å²) in [4.78, 5) is 15.1. The third-order valence-electron chi connectivity index (χ3n) is 5.23. The molecule has 1 unspecified atom stereocenters. The van der Waals surface area contributed by atoms with Crippen LogP contribution in [0.3, 0.4) is 0 Å². The van der Waals surface area contributed by atoms with Gasteiger partial charge in [0.1, 0.15) is 0 Å². The zero-order valence-corrected chi connectivity index (χ0v) is 14.5. The second-order valence-corrected chi connectivity index (χ2v) is 6.90. The van der Waals surface area contributed by atoms with E-state index in [-0.39, 0.29) is 17.4 Å². The van der Waals surface area contributed by atoms with Crippen molar-refractivity contribution in [3.8, 4) is 0 Å². The van der Waals surface area contributed by atoms with Crippen molar-refractivity contribution in [2.24, 2.45) is 0 Å². The number of carbonyl (C=O) groups excluding carboxylic acids is 1. The SMILES string of the molecule is CN(C)C(CNC(=O)C1(c2ccccc2)CCC1)c1ccccc1. The van der Waals surface area contributed by atoms with Gasteiger partial charge < -0.3 is 10.2 Å². The lowest BCUT2D eigenvalue weighted by molar-refractivity contribution is -0.130. The second-order valence-electron chi connectivity index (χ2n) is 6.90. The minimum absolute atomic E-state index is 0.169. The van der Waals surface area contributed by atoms with Crippen LogP contribution in [0.15, 0.2) is 60.7 Å². The molecule has 2 aromatic carbocycles. The Bertz CT molecular complexity index is 663. The molecular weight excluding hydrogens is 296 g/mol. The summed E-state index contributed by atoms with van der Waals surface area (Å²) >= 11 is 0. The number of likely N-dealkylation sites (N-methyl/N-ethyl adjacent to an activating group) is 1. The highest BCUT2D eigenvalue weighted by molar-refractivity contribution is 5.89. The van der Waals surface area contributed by atoms with Crippen LogP contribution in [0.25, 0.3) is 0 Å². The Kier molecular flexibility index (Phi) is 5.00. The van der Waals surface area contributed by atoms with Gasteiger partial charge in [-0.1, -0.05) is 67.1 Å². The van der Waals surface area contributed by atoms with E-state index in [2.05, 4.69) is 48.6 Å². The topological polar surface area (TPSA) is 32.3 Å². The summed E-state index contributed by atoms with van der Waals surface area (Å²) < 4.78 is 0. The average Bonchev–Trinajstić information content (AvgIpc) is 2.56.